The summed E-state index contributed by atoms with van der Waals surface area (Å²) in [7, 11) is 0. The number of anilines is 1. The van der Waals surface area contributed by atoms with E-state index in [0.717, 1.165) is 23.2 Å². The standard InChI is InChI=1S/C11H10F3N3O2/c1-6-10(19)17(5-9(18)16-6)7-2-3-8(15-4-7)11(12,13)14/h2-4,6H,5H2,1H3,(H,16,18). The van der Waals surface area contributed by atoms with Crippen LogP contribution < -0.4 is 10.2 Å². The molecule has 1 fully saturated rings. The van der Waals surface area contributed by atoms with E-state index >= 15 is 0 Å². The summed E-state index contributed by atoms with van der Waals surface area (Å²) in [5.74, 6) is -0.756. The molecule has 0 aromatic carbocycles. The van der Waals surface area contributed by atoms with Gasteiger partial charge in [0.15, 0.2) is 0 Å². The number of carbonyl (C=O) groups is 2. The number of pyridine rings is 1. The molecule has 0 saturated carbocycles. The van der Waals surface area contributed by atoms with Gasteiger partial charge in [-0.2, -0.15) is 13.2 Å². The largest absolute Gasteiger partial charge is 0.433 e. The van der Waals surface area contributed by atoms with Gasteiger partial charge in [0.1, 0.15) is 18.3 Å². The molecule has 1 aliphatic heterocycles. The lowest BCUT2D eigenvalue weighted by molar-refractivity contribution is -0.141. The van der Waals surface area contributed by atoms with Crippen LogP contribution in [0.25, 0.3) is 0 Å². The van der Waals surface area contributed by atoms with Crippen LogP contribution in [0.2, 0.25) is 0 Å². The summed E-state index contributed by atoms with van der Waals surface area (Å²) < 4.78 is 37.1. The van der Waals surface area contributed by atoms with E-state index in [1.54, 1.807) is 0 Å². The topological polar surface area (TPSA) is 62.3 Å². The van der Waals surface area contributed by atoms with Gasteiger partial charge < -0.3 is 5.32 Å². The number of nitrogens with zero attached hydrogens (tertiary/aromatic N) is 2. The van der Waals surface area contributed by atoms with Gasteiger partial charge in [0.05, 0.1) is 11.9 Å². The molecule has 0 radical (unpaired) electrons. The van der Waals surface area contributed by atoms with Crippen LogP contribution in [0.4, 0.5) is 18.9 Å². The summed E-state index contributed by atoms with van der Waals surface area (Å²) in [6.45, 7) is 1.28. The number of nitrogens with one attached hydrogen (secondary N) is 1. The summed E-state index contributed by atoms with van der Waals surface area (Å²) in [6, 6.07) is 1.20. The number of carbonyl (C=O) groups excluding carboxylic acids is 2. The molecule has 0 bridgehead atoms. The number of halogens is 3. The van der Waals surface area contributed by atoms with Crippen molar-refractivity contribution in [1.29, 1.82) is 0 Å². The minimum absolute atomic E-state index is 0.166. The van der Waals surface area contributed by atoms with E-state index in [-0.39, 0.29) is 24.0 Å². The molecule has 1 N–H and O–H groups in total. The van der Waals surface area contributed by atoms with Crippen LogP contribution in [-0.4, -0.2) is 29.4 Å². The number of aromatic nitrogens is 1. The summed E-state index contributed by atoms with van der Waals surface area (Å²) >= 11 is 0. The van der Waals surface area contributed by atoms with Crippen LogP contribution in [0.1, 0.15) is 12.6 Å². The maximum Gasteiger partial charge on any atom is 0.433 e. The number of amides is 2. The first-order chi connectivity index (χ1) is 8.79. The van der Waals surface area contributed by atoms with Gasteiger partial charge in [0.25, 0.3) is 0 Å². The molecule has 2 heterocycles. The number of alkyl halides is 3. The van der Waals surface area contributed by atoms with Gasteiger partial charge in [-0.15, -0.1) is 0 Å². The third-order valence-electron chi connectivity index (χ3n) is 2.67. The molecule has 0 aliphatic carbocycles. The fourth-order valence-corrected chi connectivity index (χ4v) is 1.74. The monoisotopic (exact) mass is 273 g/mol. The molecule has 8 heteroatoms. The summed E-state index contributed by atoms with van der Waals surface area (Å²) in [5, 5.41) is 2.43. The van der Waals surface area contributed by atoms with Crippen LogP contribution in [-0.2, 0) is 15.8 Å². The van der Waals surface area contributed by atoms with Crippen molar-refractivity contribution in [3.63, 3.8) is 0 Å². The first-order valence-corrected chi connectivity index (χ1v) is 5.43. The second-order valence-electron chi connectivity index (χ2n) is 4.11. The van der Waals surface area contributed by atoms with Crippen LogP contribution >= 0.6 is 0 Å². The van der Waals surface area contributed by atoms with Gasteiger partial charge in [0, 0.05) is 0 Å². The van der Waals surface area contributed by atoms with Gasteiger partial charge >= 0.3 is 6.18 Å². The highest BCUT2D eigenvalue weighted by Gasteiger charge is 2.34. The molecular weight excluding hydrogens is 263 g/mol. The van der Waals surface area contributed by atoms with Crippen molar-refractivity contribution >= 4 is 17.5 Å². The third kappa shape index (κ3) is 2.67. The lowest BCUT2D eigenvalue weighted by Crippen LogP contribution is -2.57. The fraction of sp³-hybridized carbons (Fsp3) is 0.364. The SMILES string of the molecule is CC1NC(=O)CN(c2ccc(C(F)(F)F)nc2)C1=O. The minimum atomic E-state index is -4.53. The zero-order valence-corrected chi connectivity index (χ0v) is 9.86. The molecule has 1 saturated heterocycles. The fourth-order valence-electron chi connectivity index (χ4n) is 1.74. The Morgan fingerprint density at radius 3 is 2.58 bits per heavy atom. The second-order valence-corrected chi connectivity index (χ2v) is 4.11. The Morgan fingerprint density at radius 1 is 1.37 bits per heavy atom. The van der Waals surface area contributed by atoms with E-state index in [1.165, 1.54) is 6.92 Å². The van der Waals surface area contributed by atoms with Crippen LogP contribution in [0.5, 0.6) is 0 Å². The number of hydrogen-bond acceptors (Lipinski definition) is 3. The first-order valence-electron chi connectivity index (χ1n) is 5.43. The lowest BCUT2D eigenvalue weighted by atomic mass is 10.2. The average Bonchev–Trinajstić information content (AvgIpc) is 2.33. The van der Waals surface area contributed by atoms with Crippen molar-refractivity contribution in [3.05, 3.63) is 24.0 Å². The molecule has 102 valence electrons. The molecule has 0 spiro atoms. The second kappa shape index (κ2) is 4.52. The highest BCUT2D eigenvalue weighted by atomic mass is 19.4. The Morgan fingerprint density at radius 2 is 2.05 bits per heavy atom. The van der Waals surface area contributed by atoms with E-state index in [1.807, 2.05) is 0 Å². The molecule has 1 unspecified atom stereocenters. The van der Waals surface area contributed by atoms with E-state index < -0.39 is 17.9 Å². The predicted molar refractivity (Wildman–Crippen MR) is 59.2 cm³/mol. The van der Waals surface area contributed by atoms with Crippen molar-refractivity contribution in [2.75, 3.05) is 11.4 Å². The highest BCUT2D eigenvalue weighted by Crippen LogP contribution is 2.28. The number of piperazine rings is 1. The maximum absolute atomic E-state index is 12.4. The van der Waals surface area contributed by atoms with E-state index in [2.05, 4.69) is 10.3 Å². The van der Waals surface area contributed by atoms with Gasteiger partial charge in [-0.05, 0) is 19.1 Å². The van der Waals surface area contributed by atoms with Crippen LogP contribution in [0.3, 0.4) is 0 Å². The number of hydrogen-bond donors (Lipinski definition) is 1. The zero-order chi connectivity index (χ0) is 14.2. The summed E-state index contributed by atoms with van der Waals surface area (Å²) in [4.78, 5) is 27.5. The van der Waals surface area contributed by atoms with E-state index in [0.29, 0.717) is 0 Å². The zero-order valence-electron chi connectivity index (χ0n) is 9.86. The smallest absolute Gasteiger partial charge is 0.343 e. The molecule has 1 atom stereocenters. The van der Waals surface area contributed by atoms with Crippen molar-refractivity contribution in [2.24, 2.45) is 0 Å². The van der Waals surface area contributed by atoms with Gasteiger partial charge in [0.2, 0.25) is 11.8 Å². The Kier molecular flexibility index (Phi) is 3.17. The molecule has 5 nitrogen and oxygen atoms in total. The van der Waals surface area contributed by atoms with E-state index in [9.17, 15) is 22.8 Å². The first kappa shape index (κ1) is 13.3. The Bertz CT molecular complexity index is 513. The molecule has 2 amide bonds. The molecular formula is C11H10F3N3O2. The summed E-state index contributed by atoms with van der Waals surface area (Å²) in [6.07, 6.45) is -3.60. The molecule has 1 aromatic rings. The molecule has 2 rings (SSSR count). The van der Waals surface area contributed by atoms with E-state index in [4.69, 9.17) is 0 Å². The van der Waals surface area contributed by atoms with Gasteiger partial charge in [-0.1, -0.05) is 0 Å². The average molecular weight is 273 g/mol. The van der Waals surface area contributed by atoms with Gasteiger partial charge in [-0.25, -0.2) is 4.98 Å². The van der Waals surface area contributed by atoms with Gasteiger partial charge in [-0.3, -0.25) is 14.5 Å². The maximum atomic E-state index is 12.4. The van der Waals surface area contributed by atoms with Crippen molar-refractivity contribution < 1.29 is 22.8 Å². The Balaban J connectivity index is 2.27. The van der Waals surface area contributed by atoms with Crippen molar-refractivity contribution in [1.82, 2.24) is 10.3 Å². The molecule has 1 aromatic heterocycles. The van der Waals surface area contributed by atoms with Crippen LogP contribution in [0.15, 0.2) is 18.3 Å². The molecule has 19 heavy (non-hydrogen) atoms. The summed E-state index contributed by atoms with van der Waals surface area (Å²) in [5.41, 5.74) is -0.877. The Hall–Kier alpha value is -2.12. The minimum Gasteiger partial charge on any atom is -0.343 e. The van der Waals surface area contributed by atoms with Crippen LogP contribution in [0, 0.1) is 0 Å². The highest BCUT2D eigenvalue weighted by molar-refractivity contribution is 6.06. The van der Waals surface area contributed by atoms with Crippen molar-refractivity contribution in [3.8, 4) is 0 Å². The number of rotatable bonds is 1. The normalized spacial score (nSPS) is 20.4. The predicted octanol–water partition coefficient (Wildman–Crippen LogP) is 0.952. The molecule has 1 aliphatic rings. The lowest BCUT2D eigenvalue weighted by Gasteiger charge is -2.30. The quantitative estimate of drug-likeness (QED) is 0.828. The van der Waals surface area contributed by atoms with Crippen molar-refractivity contribution in [2.45, 2.75) is 19.1 Å². The Labute approximate surface area is 106 Å². The third-order valence-corrected chi connectivity index (χ3v) is 2.67.